The molecule has 0 aromatic carbocycles. The molecule has 0 saturated heterocycles. The van der Waals surface area contributed by atoms with Crippen LogP contribution in [0.4, 0.5) is 0 Å². The van der Waals surface area contributed by atoms with Crippen molar-refractivity contribution in [1.29, 1.82) is 0 Å². The average molecular weight is 265 g/mol. The van der Waals surface area contributed by atoms with Gasteiger partial charge < -0.3 is 10.2 Å². The van der Waals surface area contributed by atoms with Gasteiger partial charge in [-0.05, 0) is 12.8 Å². The molecule has 17 heavy (non-hydrogen) atoms. The highest BCUT2D eigenvalue weighted by Crippen LogP contribution is 2.24. The van der Waals surface area contributed by atoms with Crippen molar-refractivity contribution >= 4 is 16.0 Å². The summed E-state index contributed by atoms with van der Waals surface area (Å²) in [7, 11) is -3.81. The molecule has 0 amide bonds. The van der Waals surface area contributed by atoms with Gasteiger partial charge in [-0.25, -0.2) is 8.42 Å². The zero-order valence-corrected chi connectivity index (χ0v) is 10.5. The van der Waals surface area contributed by atoms with Crippen molar-refractivity contribution in [3.8, 4) is 0 Å². The maximum Gasteiger partial charge on any atom is 0.320 e. The molecule has 0 heterocycles. The lowest BCUT2D eigenvalue weighted by Gasteiger charge is -2.32. The van der Waals surface area contributed by atoms with Crippen molar-refractivity contribution in [2.75, 3.05) is 18.9 Å². The van der Waals surface area contributed by atoms with Crippen LogP contribution in [0.1, 0.15) is 32.1 Å². The fourth-order valence-electron chi connectivity index (χ4n) is 2.26. The molecule has 2 N–H and O–H groups in total. The Morgan fingerprint density at radius 2 is 1.82 bits per heavy atom. The van der Waals surface area contributed by atoms with Gasteiger partial charge in [0, 0.05) is 12.6 Å². The standard InChI is InChI=1S/C10H19NO5S/c12-7-6-11(9-4-2-1-3-5-9)17(15,16)8-10(13)14/h9,12H,1-8H2,(H,13,14). The topological polar surface area (TPSA) is 94.9 Å². The van der Waals surface area contributed by atoms with Crippen LogP contribution in [-0.2, 0) is 14.8 Å². The Labute approximate surface area is 101 Å². The minimum atomic E-state index is -3.81. The Bertz CT molecular complexity index is 348. The largest absolute Gasteiger partial charge is 0.480 e. The molecule has 100 valence electrons. The molecular formula is C10H19NO5S. The summed E-state index contributed by atoms with van der Waals surface area (Å²) in [6.45, 7) is -0.296. The first kappa shape index (κ1) is 14.4. The number of rotatable bonds is 6. The highest BCUT2D eigenvalue weighted by atomic mass is 32.2. The number of aliphatic hydroxyl groups is 1. The van der Waals surface area contributed by atoms with Gasteiger partial charge in [0.2, 0.25) is 10.0 Å². The number of aliphatic hydroxyl groups excluding tert-OH is 1. The molecule has 0 radical (unpaired) electrons. The van der Waals surface area contributed by atoms with Crippen molar-refractivity contribution in [1.82, 2.24) is 4.31 Å². The van der Waals surface area contributed by atoms with E-state index in [1.807, 2.05) is 0 Å². The van der Waals surface area contributed by atoms with E-state index in [-0.39, 0.29) is 19.2 Å². The van der Waals surface area contributed by atoms with Crippen LogP contribution in [-0.4, -0.2) is 53.9 Å². The molecule has 0 bridgehead atoms. The van der Waals surface area contributed by atoms with Crippen LogP contribution in [0.3, 0.4) is 0 Å². The molecule has 0 aromatic heterocycles. The predicted octanol–water partition coefficient (Wildman–Crippen LogP) is 0.0278. The van der Waals surface area contributed by atoms with Gasteiger partial charge in [-0.1, -0.05) is 19.3 Å². The zero-order chi connectivity index (χ0) is 12.9. The zero-order valence-electron chi connectivity index (χ0n) is 9.71. The second-order valence-corrected chi connectivity index (χ2v) is 6.20. The summed E-state index contributed by atoms with van der Waals surface area (Å²) in [6.07, 6.45) is 4.49. The molecule has 0 aromatic rings. The smallest absolute Gasteiger partial charge is 0.320 e. The number of hydrogen-bond acceptors (Lipinski definition) is 4. The number of hydrogen-bond donors (Lipinski definition) is 2. The molecule has 1 fully saturated rings. The number of sulfonamides is 1. The van der Waals surface area contributed by atoms with Gasteiger partial charge in [-0.15, -0.1) is 0 Å². The van der Waals surface area contributed by atoms with Crippen molar-refractivity contribution in [2.24, 2.45) is 0 Å². The third kappa shape index (κ3) is 4.25. The first-order valence-corrected chi connectivity index (χ1v) is 7.40. The normalized spacial score (nSPS) is 18.5. The summed E-state index contributed by atoms with van der Waals surface area (Å²) < 4.78 is 24.9. The third-order valence-corrected chi connectivity index (χ3v) is 4.77. The molecule has 1 aliphatic carbocycles. The van der Waals surface area contributed by atoms with Crippen molar-refractivity contribution in [2.45, 2.75) is 38.1 Å². The van der Waals surface area contributed by atoms with E-state index in [2.05, 4.69) is 0 Å². The van der Waals surface area contributed by atoms with Crippen molar-refractivity contribution in [3.05, 3.63) is 0 Å². The van der Waals surface area contributed by atoms with E-state index in [9.17, 15) is 13.2 Å². The van der Waals surface area contributed by atoms with Gasteiger partial charge in [0.25, 0.3) is 0 Å². The predicted molar refractivity (Wildman–Crippen MR) is 62.1 cm³/mol. The number of carbonyl (C=O) groups is 1. The summed E-state index contributed by atoms with van der Waals surface area (Å²) in [4.78, 5) is 10.5. The number of aliphatic carboxylic acids is 1. The molecule has 0 unspecified atom stereocenters. The third-order valence-electron chi connectivity index (χ3n) is 2.97. The van der Waals surface area contributed by atoms with Crippen molar-refractivity contribution in [3.63, 3.8) is 0 Å². The van der Waals surface area contributed by atoms with Gasteiger partial charge in [-0.3, -0.25) is 4.79 Å². The molecular weight excluding hydrogens is 246 g/mol. The summed E-state index contributed by atoms with van der Waals surface area (Å²) >= 11 is 0. The van der Waals surface area contributed by atoms with Gasteiger partial charge in [0.1, 0.15) is 0 Å². The minimum Gasteiger partial charge on any atom is -0.480 e. The van der Waals surface area contributed by atoms with Crippen molar-refractivity contribution < 1.29 is 23.4 Å². The first-order valence-electron chi connectivity index (χ1n) is 5.79. The molecule has 1 aliphatic rings. The maximum atomic E-state index is 11.9. The summed E-state index contributed by atoms with van der Waals surface area (Å²) in [6, 6.07) is -0.153. The van der Waals surface area contributed by atoms with E-state index in [1.54, 1.807) is 0 Å². The van der Waals surface area contributed by atoms with E-state index in [4.69, 9.17) is 10.2 Å². The molecule has 0 spiro atoms. The van der Waals surface area contributed by atoms with Crippen LogP contribution >= 0.6 is 0 Å². The fourth-order valence-corrected chi connectivity index (χ4v) is 3.76. The van der Waals surface area contributed by atoms with Crippen LogP contribution in [0, 0.1) is 0 Å². The van der Waals surface area contributed by atoms with Crippen LogP contribution in [0.5, 0.6) is 0 Å². The highest BCUT2D eigenvalue weighted by molar-refractivity contribution is 7.89. The Balaban J connectivity index is 2.79. The van der Waals surface area contributed by atoms with E-state index in [0.717, 1.165) is 32.1 Å². The second-order valence-electron chi connectivity index (χ2n) is 4.28. The van der Waals surface area contributed by atoms with Gasteiger partial charge in [0.05, 0.1) is 6.61 Å². The van der Waals surface area contributed by atoms with Crippen LogP contribution < -0.4 is 0 Å². The summed E-state index contributed by atoms with van der Waals surface area (Å²) in [5, 5.41) is 17.5. The molecule has 0 aliphatic heterocycles. The minimum absolute atomic E-state index is 0.0136. The Kier molecular flexibility index (Phi) is 5.35. The maximum absolute atomic E-state index is 11.9. The lowest BCUT2D eigenvalue weighted by Crippen LogP contribution is -2.45. The Morgan fingerprint density at radius 3 is 2.29 bits per heavy atom. The number of carboxylic acids is 1. The SMILES string of the molecule is O=C(O)CS(=O)(=O)N(CCO)C1CCCCC1. The van der Waals surface area contributed by atoms with Gasteiger partial charge in [0.15, 0.2) is 5.75 Å². The number of carboxylic acid groups (broad SMARTS) is 1. The van der Waals surface area contributed by atoms with Crippen LogP contribution in [0.25, 0.3) is 0 Å². The van der Waals surface area contributed by atoms with Crippen LogP contribution in [0.2, 0.25) is 0 Å². The molecule has 6 nitrogen and oxygen atoms in total. The molecule has 1 saturated carbocycles. The highest BCUT2D eigenvalue weighted by Gasteiger charge is 2.32. The van der Waals surface area contributed by atoms with Crippen LogP contribution in [0.15, 0.2) is 0 Å². The average Bonchev–Trinajstić information content (AvgIpc) is 2.25. The van der Waals surface area contributed by atoms with E-state index in [0.29, 0.717) is 0 Å². The number of nitrogens with zero attached hydrogens (tertiary/aromatic N) is 1. The van der Waals surface area contributed by atoms with E-state index in [1.165, 1.54) is 4.31 Å². The molecule has 0 atom stereocenters. The lowest BCUT2D eigenvalue weighted by atomic mass is 9.95. The Morgan fingerprint density at radius 1 is 1.24 bits per heavy atom. The second kappa shape index (κ2) is 6.32. The molecule has 7 heteroatoms. The summed E-state index contributed by atoms with van der Waals surface area (Å²) in [5.41, 5.74) is 0. The van der Waals surface area contributed by atoms with E-state index >= 15 is 0 Å². The fraction of sp³-hybridized carbons (Fsp3) is 0.900. The first-order chi connectivity index (χ1) is 7.97. The quantitative estimate of drug-likeness (QED) is 0.706. The monoisotopic (exact) mass is 265 g/mol. The van der Waals surface area contributed by atoms with Gasteiger partial charge >= 0.3 is 5.97 Å². The van der Waals surface area contributed by atoms with E-state index < -0.39 is 21.7 Å². The van der Waals surface area contributed by atoms with Gasteiger partial charge in [-0.2, -0.15) is 4.31 Å². The lowest BCUT2D eigenvalue weighted by molar-refractivity contribution is -0.134. The summed E-state index contributed by atoms with van der Waals surface area (Å²) in [5.74, 6) is -2.26. The Hall–Kier alpha value is -0.660. The molecule has 1 rings (SSSR count).